The second kappa shape index (κ2) is 9.82. The molecule has 0 radical (unpaired) electrons. The first-order valence-electron chi connectivity index (χ1n) is 14.9. The zero-order chi connectivity index (χ0) is 29.0. The highest BCUT2D eigenvalue weighted by Gasteiger charge is 2.20. The van der Waals surface area contributed by atoms with Gasteiger partial charge in [-0.1, -0.05) is 115 Å². The first kappa shape index (κ1) is 24.6. The lowest BCUT2D eigenvalue weighted by molar-refractivity contribution is 0.667. The third-order valence-electron chi connectivity index (χ3n) is 8.73. The fraction of sp³-hybridized carbons (Fsp3) is 0. The number of anilines is 3. The molecule has 7 aromatic carbocycles. The van der Waals surface area contributed by atoms with Crippen molar-refractivity contribution < 1.29 is 4.42 Å². The molecule has 2 heterocycles. The molecule has 3 nitrogen and oxygen atoms in total. The zero-order valence-electron chi connectivity index (χ0n) is 23.8. The summed E-state index contributed by atoms with van der Waals surface area (Å²) >= 11 is 0. The van der Waals surface area contributed by atoms with Crippen molar-refractivity contribution in [2.75, 3.05) is 4.90 Å². The summed E-state index contributed by atoms with van der Waals surface area (Å²) in [5.41, 5.74) is 7.08. The van der Waals surface area contributed by atoms with Gasteiger partial charge in [0.25, 0.3) is 0 Å². The van der Waals surface area contributed by atoms with Crippen LogP contribution in [0.5, 0.6) is 0 Å². The lowest BCUT2D eigenvalue weighted by Crippen LogP contribution is -2.10. The third-order valence-corrected chi connectivity index (χ3v) is 8.73. The maximum absolute atomic E-state index is 6.27. The molecule has 0 amide bonds. The summed E-state index contributed by atoms with van der Waals surface area (Å²) in [5, 5.41) is 9.57. The van der Waals surface area contributed by atoms with E-state index in [-0.39, 0.29) is 0 Å². The summed E-state index contributed by atoms with van der Waals surface area (Å²) in [7, 11) is 0. The highest BCUT2D eigenvalue weighted by Crippen LogP contribution is 2.44. The summed E-state index contributed by atoms with van der Waals surface area (Å²) in [6.07, 6.45) is 3.77. The molecule has 0 aliphatic heterocycles. The van der Waals surface area contributed by atoms with Gasteiger partial charge in [0.2, 0.25) is 0 Å². The van der Waals surface area contributed by atoms with E-state index < -0.39 is 0 Å². The molecule has 44 heavy (non-hydrogen) atoms. The van der Waals surface area contributed by atoms with Crippen LogP contribution in [0.25, 0.3) is 65.4 Å². The van der Waals surface area contributed by atoms with Crippen LogP contribution < -0.4 is 4.90 Å². The van der Waals surface area contributed by atoms with E-state index in [1.165, 1.54) is 43.4 Å². The van der Waals surface area contributed by atoms with Gasteiger partial charge in [-0.25, -0.2) is 0 Å². The van der Waals surface area contributed by atoms with Crippen LogP contribution in [0.3, 0.4) is 0 Å². The molecule has 2 aromatic heterocycles. The van der Waals surface area contributed by atoms with E-state index in [2.05, 4.69) is 143 Å². The van der Waals surface area contributed by atoms with Crippen LogP contribution in [0.4, 0.5) is 17.1 Å². The molecular weight excluding hydrogens is 536 g/mol. The number of nitrogens with zero attached hydrogens (tertiary/aromatic N) is 2. The molecular formula is C41H26N2O. The Kier molecular flexibility index (Phi) is 5.50. The van der Waals surface area contributed by atoms with Crippen LogP contribution in [-0.2, 0) is 0 Å². The summed E-state index contributed by atoms with van der Waals surface area (Å²) in [6.45, 7) is 0. The summed E-state index contributed by atoms with van der Waals surface area (Å²) in [6, 6.07) is 51.8. The SMILES string of the molecule is c1ccc(-c2ccc(N(c3ccc4ccc5c6ccccc6ccc5c4c3)c3cncc4oc5ccccc5c34)cc2)cc1. The molecule has 0 atom stereocenters. The molecule has 0 bridgehead atoms. The molecule has 0 saturated carbocycles. The average molecular weight is 563 g/mol. The van der Waals surface area contributed by atoms with Gasteiger partial charge in [-0.3, -0.25) is 4.98 Å². The Bertz CT molecular complexity index is 2490. The van der Waals surface area contributed by atoms with E-state index in [9.17, 15) is 0 Å². The first-order valence-corrected chi connectivity index (χ1v) is 14.9. The van der Waals surface area contributed by atoms with E-state index in [1.54, 1.807) is 0 Å². The number of pyridine rings is 1. The quantitative estimate of drug-likeness (QED) is 0.200. The Morgan fingerprint density at radius 1 is 0.432 bits per heavy atom. The van der Waals surface area contributed by atoms with Crippen molar-refractivity contribution in [3.63, 3.8) is 0 Å². The topological polar surface area (TPSA) is 29.3 Å². The summed E-state index contributed by atoms with van der Waals surface area (Å²) in [4.78, 5) is 6.97. The van der Waals surface area contributed by atoms with Crippen LogP contribution in [0.2, 0.25) is 0 Å². The molecule has 0 aliphatic rings. The fourth-order valence-electron chi connectivity index (χ4n) is 6.64. The van der Waals surface area contributed by atoms with Crippen molar-refractivity contribution in [2.24, 2.45) is 0 Å². The van der Waals surface area contributed by atoms with Crippen LogP contribution in [-0.4, -0.2) is 4.98 Å². The van der Waals surface area contributed by atoms with Gasteiger partial charge < -0.3 is 9.32 Å². The Balaban J connectivity index is 1.30. The summed E-state index contributed by atoms with van der Waals surface area (Å²) < 4.78 is 6.27. The van der Waals surface area contributed by atoms with Gasteiger partial charge in [0.15, 0.2) is 5.58 Å². The lowest BCUT2D eigenvalue weighted by atomic mass is 9.96. The lowest BCUT2D eigenvalue weighted by Gasteiger charge is -2.26. The number of rotatable bonds is 4. The fourth-order valence-corrected chi connectivity index (χ4v) is 6.64. The predicted molar refractivity (Wildman–Crippen MR) is 184 cm³/mol. The van der Waals surface area contributed by atoms with E-state index >= 15 is 0 Å². The third kappa shape index (κ3) is 3.87. The number of furan rings is 1. The van der Waals surface area contributed by atoms with Crippen molar-refractivity contribution in [3.05, 3.63) is 158 Å². The largest absolute Gasteiger partial charge is 0.454 e. The maximum Gasteiger partial charge on any atom is 0.155 e. The highest BCUT2D eigenvalue weighted by atomic mass is 16.3. The van der Waals surface area contributed by atoms with E-state index in [0.717, 1.165) is 39.0 Å². The standard InChI is InChI=1S/C41H26N2O/c1-2-8-27(9-3-1)28-14-19-31(20-15-28)43(38-25-42-26-40-41(38)36-12-6-7-13-39(36)44-40)32-21-16-30-18-22-34-33-11-5-4-10-29(33)17-23-35(34)37(30)24-32/h1-26H. The normalized spacial score (nSPS) is 11.6. The van der Waals surface area contributed by atoms with Crippen molar-refractivity contribution in [3.8, 4) is 11.1 Å². The van der Waals surface area contributed by atoms with E-state index in [0.29, 0.717) is 0 Å². The molecule has 0 aliphatic carbocycles. The maximum atomic E-state index is 6.27. The number of para-hydroxylation sites is 1. The van der Waals surface area contributed by atoms with Gasteiger partial charge in [0.1, 0.15) is 5.58 Å². The Morgan fingerprint density at radius 2 is 1.07 bits per heavy atom. The van der Waals surface area contributed by atoms with Crippen LogP contribution in [0.1, 0.15) is 0 Å². The van der Waals surface area contributed by atoms with Gasteiger partial charge in [0.05, 0.1) is 23.5 Å². The molecule has 0 fully saturated rings. The number of benzene rings is 7. The predicted octanol–water partition coefficient (Wildman–Crippen LogP) is 11.6. The summed E-state index contributed by atoms with van der Waals surface area (Å²) in [5.74, 6) is 0. The molecule has 206 valence electrons. The average Bonchev–Trinajstić information content (AvgIpc) is 3.48. The molecule has 3 heteroatoms. The number of hydrogen-bond acceptors (Lipinski definition) is 3. The van der Waals surface area contributed by atoms with Crippen LogP contribution in [0, 0.1) is 0 Å². The minimum absolute atomic E-state index is 0.771. The number of fused-ring (bicyclic) bond motifs is 8. The molecule has 0 N–H and O–H groups in total. The molecule has 9 rings (SSSR count). The van der Waals surface area contributed by atoms with Crippen molar-refractivity contribution >= 4 is 71.3 Å². The van der Waals surface area contributed by atoms with Gasteiger partial charge in [-0.15, -0.1) is 0 Å². The van der Waals surface area contributed by atoms with Crippen LogP contribution >= 0.6 is 0 Å². The smallest absolute Gasteiger partial charge is 0.155 e. The first-order chi connectivity index (χ1) is 21.8. The van der Waals surface area contributed by atoms with Crippen molar-refractivity contribution in [1.29, 1.82) is 0 Å². The van der Waals surface area contributed by atoms with Crippen molar-refractivity contribution in [1.82, 2.24) is 4.98 Å². The Labute approximate surface area is 254 Å². The second-order valence-corrected chi connectivity index (χ2v) is 11.2. The van der Waals surface area contributed by atoms with Gasteiger partial charge >= 0.3 is 0 Å². The minimum atomic E-state index is 0.771. The van der Waals surface area contributed by atoms with Gasteiger partial charge in [-0.2, -0.15) is 0 Å². The Morgan fingerprint density at radius 3 is 1.91 bits per heavy atom. The highest BCUT2D eigenvalue weighted by molar-refractivity contribution is 6.18. The van der Waals surface area contributed by atoms with E-state index in [4.69, 9.17) is 4.42 Å². The van der Waals surface area contributed by atoms with Crippen LogP contribution in [0.15, 0.2) is 162 Å². The molecule has 0 spiro atoms. The number of aromatic nitrogens is 1. The second-order valence-electron chi connectivity index (χ2n) is 11.2. The minimum Gasteiger partial charge on any atom is -0.454 e. The monoisotopic (exact) mass is 562 g/mol. The molecule has 9 aromatic rings. The van der Waals surface area contributed by atoms with E-state index in [1.807, 2.05) is 24.5 Å². The molecule has 0 unspecified atom stereocenters. The zero-order valence-corrected chi connectivity index (χ0v) is 23.8. The van der Waals surface area contributed by atoms with Gasteiger partial charge in [-0.05, 0) is 73.8 Å². The number of hydrogen-bond donors (Lipinski definition) is 0. The van der Waals surface area contributed by atoms with Gasteiger partial charge in [0, 0.05) is 16.8 Å². The van der Waals surface area contributed by atoms with Crippen molar-refractivity contribution in [2.45, 2.75) is 0 Å². The molecule has 0 saturated heterocycles. The Hall–Kier alpha value is -5.93.